The van der Waals surface area contributed by atoms with Gasteiger partial charge in [-0.3, -0.25) is 4.79 Å². The molecule has 2 aromatic carbocycles. The molecule has 2 aromatic rings. The van der Waals surface area contributed by atoms with Crippen LogP contribution in [0, 0.1) is 0 Å². The van der Waals surface area contributed by atoms with Gasteiger partial charge in [-0.05, 0) is 12.1 Å². The molecule has 1 heterocycles. The van der Waals surface area contributed by atoms with E-state index >= 15 is 0 Å². The summed E-state index contributed by atoms with van der Waals surface area (Å²) in [5, 5.41) is 3.18. The lowest BCUT2D eigenvalue weighted by atomic mass is 10.1. The normalized spacial score (nSPS) is 12.5. The van der Waals surface area contributed by atoms with Gasteiger partial charge in [-0.1, -0.05) is 17.7 Å². The van der Waals surface area contributed by atoms with Crippen LogP contribution in [-0.4, -0.2) is 33.3 Å². The number of amides is 1. The molecule has 0 radical (unpaired) electrons. The largest absolute Gasteiger partial charge is 0.495 e. The molecule has 1 aliphatic rings. The lowest BCUT2D eigenvalue weighted by Gasteiger charge is -2.21. The van der Waals surface area contributed by atoms with Gasteiger partial charge in [0.05, 0.1) is 30.5 Å². The molecule has 3 rings (SSSR count). The molecule has 126 valence electrons. The maximum Gasteiger partial charge on any atom is 0.259 e. The second kappa shape index (κ2) is 6.88. The maximum absolute atomic E-state index is 12.7. The van der Waals surface area contributed by atoms with E-state index in [1.54, 1.807) is 30.3 Å². The summed E-state index contributed by atoms with van der Waals surface area (Å²) in [4.78, 5) is 12.7. The Labute approximate surface area is 144 Å². The van der Waals surface area contributed by atoms with Crippen molar-refractivity contribution in [2.45, 2.75) is 0 Å². The minimum Gasteiger partial charge on any atom is -0.495 e. The average molecular weight is 350 g/mol. The van der Waals surface area contributed by atoms with Crippen LogP contribution in [0.4, 0.5) is 5.69 Å². The Bertz CT molecular complexity index is 778. The van der Waals surface area contributed by atoms with E-state index in [0.717, 1.165) is 0 Å². The molecule has 7 heteroatoms. The highest BCUT2D eigenvalue weighted by molar-refractivity contribution is 6.32. The van der Waals surface area contributed by atoms with Crippen molar-refractivity contribution in [1.82, 2.24) is 0 Å². The number of carbonyl (C=O) groups is 1. The van der Waals surface area contributed by atoms with E-state index in [1.807, 2.05) is 0 Å². The van der Waals surface area contributed by atoms with Gasteiger partial charge in [0.1, 0.15) is 24.7 Å². The van der Waals surface area contributed by atoms with Crippen LogP contribution in [0.5, 0.6) is 23.0 Å². The van der Waals surface area contributed by atoms with Gasteiger partial charge in [-0.15, -0.1) is 0 Å². The highest BCUT2D eigenvalue weighted by atomic mass is 35.5. The van der Waals surface area contributed by atoms with Crippen LogP contribution in [0.3, 0.4) is 0 Å². The van der Waals surface area contributed by atoms with Gasteiger partial charge in [0.15, 0.2) is 11.5 Å². The van der Waals surface area contributed by atoms with E-state index in [9.17, 15) is 4.79 Å². The molecule has 0 aliphatic carbocycles. The zero-order valence-electron chi connectivity index (χ0n) is 13.2. The fourth-order valence-electron chi connectivity index (χ4n) is 2.40. The minimum absolute atomic E-state index is 0.347. The summed E-state index contributed by atoms with van der Waals surface area (Å²) < 4.78 is 21.5. The highest BCUT2D eigenvalue weighted by Gasteiger charge is 2.21. The first kappa shape index (κ1) is 16.3. The van der Waals surface area contributed by atoms with E-state index < -0.39 is 0 Å². The van der Waals surface area contributed by atoms with Crippen molar-refractivity contribution in [3.63, 3.8) is 0 Å². The first-order chi connectivity index (χ1) is 11.6. The lowest BCUT2D eigenvalue weighted by Crippen LogP contribution is -2.20. The fourth-order valence-corrected chi connectivity index (χ4v) is 2.63. The van der Waals surface area contributed by atoms with Crippen LogP contribution in [0.15, 0.2) is 30.3 Å². The van der Waals surface area contributed by atoms with E-state index in [-0.39, 0.29) is 5.91 Å². The van der Waals surface area contributed by atoms with Crippen LogP contribution in [0.25, 0.3) is 0 Å². The van der Waals surface area contributed by atoms with Gasteiger partial charge in [-0.25, -0.2) is 0 Å². The quantitative estimate of drug-likeness (QED) is 0.916. The van der Waals surface area contributed by atoms with Crippen LogP contribution in [0.1, 0.15) is 10.4 Å². The second-order valence-electron chi connectivity index (χ2n) is 4.97. The molecule has 0 saturated heterocycles. The number of anilines is 1. The van der Waals surface area contributed by atoms with Crippen LogP contribution >= 0.6 is 11.6 Å². The first-order valence-corrected chi connectivity index (χ1v) is 7.63. The van der Waals surface area contributed by atoms with Crippen molar-refractivity contribution in [2.75, 3.05) is 32.8 Å². The van der Waals surface area contributed by atoms with Crippen molar-refractivity contribution in [2.24, 2.45) is 0 Å². The Kier molecular flexibility index (Phi) is 4.66. The first-order valence-electron chi connectivity index (χ1n) is 7.25. The van der Waals surface area contributed by atoms with Gasteiger partial charge < -0.3 is 24.3 Å². The SMILES string of the molecule is COc1cc(NC(=O)c2cccc3c2OCCO3)c(OC)cc1Cl. The molecule has 0 spiro atoms. The van der Waals surface area contributed by atoms with Crippen LogP contribution in [-0.2, 0) is 0 Å². The van der Waals surface area contributed by atoms with E-state index in [4.69, 9.17) is 30.5 Å². The zero-order valence-corrected chi connectivity index (χ0v) is 14.0. The Hall–Kier alpha value is -2.60. The number of hydrogen-bond acceptors (Lipinski definition) is 5. The molecule has 6 nitrogen and oxygen atoms in total. The summed E-state index contributed by atoms with van der Waals surface area (Å²) in [7, 11) is 2.99. The molecule has 0 aromatic heterocycles. The van der Waals surface area contributed by atoms with Crippen molar-refractivity contribution >= 4 is 23.2 Å². The fraction of sp³-hybridized carbons (Fsp3) is 0.235. The van der Waals surface area contributed by atoms with Crippen molar-refractivity contribution in [1.29, 1.82) is 0 Å². The molecule has 0 fully saturated rings. The third kappa shape index (κ3) is 3.05. The molecule has 0 saturated carbocycles. The van der Waals surface area contributed by atoms with Crippen molar-refractivity contribution < 1.29 is 23.7 Å². The number of carbonyl (C=O) groups excluding carboxylic acids is 1. The van der Waals surface area contributed by atoms with Crippen molar-refractivity contribution in [3.05, 3.63) is 40.9 Å². The predicted octanol–water partition coefficient (Wildman–Crippen LogP) is 3.38. The number of ether oxygens (including phenoxy) is 4. The van der Waals surface area contributed by atoms with E-state index in [2.05, 4.69) is 5.32 Å². The third-order valence-corrected chi connectivity index (χ3v) is 3.83. The molecule has 0 bridgehead atoms. The minimum atomic E-state index is -0.347. The summed E-state index contributed by atoms with van der Waals surface area (Å²) in [6, 6.07) is 8.35. The number of nitrogens with one attached hydrogen (secondary N) is 1. The summed E-state index contributed by atoms with van der Waals surface area (Å²) in [6.45, 7) is 0.857. The number of rotatable bonds is 4. The Morgan fingerprint density at radius 3 is 2.62 bits per heavy atom. The average Bonchev–Trinajstić information content (AvgIpc) is 2.62. The molecule has 0 unspecified atom stereocenters. The lowest BCUT2D eigenvalue weighted by molar-refractivity contribution is 0.101. The summed E-state index contributed by atoms with van der Waals surface area (Å²) in [6.07, 6.45) is 0. The smallest absolute Gasteiger partial charge is 0.259 e. The van der Waals surface area contributed by atoms with Gasteiger partial charge in [0.25, 0.3) is 5.91 Å². The van der Waals surface area contributed by atoms with Crippen LogP contribution in [0.2, 0.25) is 5.02 Å². The monoisotopic (exact) mass is 349 g/mol. The van der Waals surface area contributed by atoms with Crippen molar-refractivity contribution in [3.8, 4) is 23.0 Å². The number of para-hydroxylation sites is 1. The zero-order chi connectivity index (χ0) is 17.1. The van der Waals surface area contributed by atoms with Gasteiger partial charge in [0.2, 0.25) is 0 Å². The molecule has 0 atom stereocenters. The molecule has 1 aliphatic heterocycles. The third-order valence-electron chi connectivity index (χ3n) is 3.53. The maximum atomic E-state index is 12.7. The summed E-state index contributed by atoms with van der Waals surface area (Å²) >= 11 is 6.07. The second-order valence-corrected chi connectivity index (χ2v) is 5.38. The Morgan fingerprint density at radius 2 is 1.88 bits per heavy atom. The summed E-state index contributed by atoms with van der Waals surface area (Å²) in [5.41, 5.74) is 0.821. The van der Waals surface area contributed by atoms with Gasteiger partial charge >= 0.3 is 0 Å². The Morgan fingerprint density at radius 1 is 1.12 bits per heavy atom. The summed E-state index contributed by atoms with van der Waals surface area (Å²) in [5.74, 6) is 1.49. The van der Waals surface area contributed by atoms with Crippen LogP contribution < -0.4 is 24.3 Å². The van der Waals surface area contributed by atoms with E-state index in [1.165, 1.54) is 14.2 Å². The molecular formula is C17H16ClNO5. The van der Waals surface area contributed by atoms with E-state index in [0.29, 0.717) is 52.5 Å². The van der Waals surface area contributed by atoms with Gasteiger partial charge in [0, 0.05) is 12.1 Å². The molecular weight excluding hydrogens is 334 g/mol. The number of hydrogen-bond donors (Lipinski definition) is 1. The Balaban J connectivity index is 1.93. The number of methoxy groups -OCH3 is 2. The standard InChI is InChI=1S/C17H16ClNO5/c1-21-14-9-12(15(22-2)8-11(14)18)19-17(20)10-4-3-5-13-16(10)24-7-6-23-13/h3-5,8-9H,6-7H2,1-2H3,(H,19,20). The molecule has 24 heavy (non-hydrogen) atoms. The molecule has 1 N–H and O–H groups in total. The topological polar surface area (TPSA) is 66.0 Å². The predicted molar refractivity (Wildman–Crippen MR) is 89.9 cm³/mol. The highest BCUT2D eigenvalue weighted by Crippen LogP contribution is 2.38. The van der Waals surface area contributed by atoms with Gasteiger partial charge in [-0.2, -0.15) is 0 Å². The number of fused-ring (bicyclic) bond motifs is 1. The number of halogens is 1. The number of benzene rings is 2. The molecule has 1 amide bonds.